The molecule has 2 bridgehead atoms. The molecular formula is C21H24ClFN2OS. The highest BCUT2D eigenvalue weighted by Crippen LogP contribution is 2.40. The molecule has 2 fully saturated rings. The lowest BCUT2D eigenvalue weighted by atomic mass is 10.1. The molecular weight excluding hydrogens is 383 g/mol. The van der Waals surface area contributed by atoms with Crippen molar-refractivity contribution in [1.82, 2.24) is 10.2 Å². The monoisotopic (exact) mass is 406 g/mol. The minimum absolute atomic E-state index is 0. The first kappa shape index (κ1) is 20.2. The van der Waals surface area contributed by atoms with Gasteiger partial charge in [0.25, 0.3) is 0 Å². The molecule has 2 aliphatic rings. The molecule has 1 N–H and O–H groups in total. The zero-order valence-electron chi connectivity index (χ0n) is 15.0. The molecule has 1 amide bonds. The van der Waals surface area contributed by atoms with Crippen LogP contribution in [0.1, 0.15) is 30.1 Å². The first-order valence-electron chi connectivity index (χ1n) is 9.22. The van der Waals surface area contributed by atoms with Gasteiger partial charge in [-0.25, -0.2) is 4.39 Å². The zero-order valence-corrected chi connectivity index (χ0v) is 16.6. The average molecular weight is 407 g/mol. The summed E-state index contributed by atoms with van der Waals surface area (Å²) in [5.41, 5.74) is 1.00. The van der Waals surface area contributed by atoms with Crippen LogP contribution in [0.3, 0.4) is 0 Å². The Morgan fingerprint density at radius 3 is 2.48 bits per heavy atom. The summed E-state index contributed by atoms with van der Waals surface area (Å²) in [6, 6.07) is 17.0. The van der Waals surface area contributed by atoms with Crippen molar-refractivity contribution in [3.8, 4) is 0 Å². The number of nitrogens with zero attached hydrogens (tertiary/aromatic N) is 1. The number of benzene rings is 2. The molecule has 2 aliphatic heterocycles. The Labute approximate surface area is 170 Å². The molecule has 144 valence electrons. The molecule has 2 aromatic carbocycles. The third kappa shape index (κ3) is 4.48. The van der Waals surface area contributed by atoms with Gasteiger partial charge in [0.2, 0.25) is 5.91 Å². The lowest BCUT2D eigenvalue weighted by Crippen LogP contribution is -2.44. The number of thioether (sulfide) groups is 1. The zero-order chi connectivity index (χ0) is 17.9. The molecule has 2 heterocycles. The standard InChI is InChI=1S/C21H23FN2OS.ClH/c22-16-6-10-19(11-7-16)26-20(15-4-2-1-3-5-15)21(25)24-17-8-9-18(24)14-23-13-12-17;/h1-7,10-11,17-18,20,23H,8-9,12-14H2;1H. The van der Waals surface area contributed by atoms with Gasteiger partial charge in [-0.15, -0.1) is 24.2 Å². The van der Waals surface area contributed by atoms with Gasteiger partial charge >= 0.3 is 0 Å². The SMILES string of the molecule is Cl.O=C(C(Sc1ccc(F)cc1)c1ccccc1)N1C2CCNCC1CC2. The summed E-state index contributed by atoms with van der Waals surface area (Å²) in [4.78, 5) is 16.6. The van der Waals surface area contributed by atoms with Crippen LogP contribution >= 0.6 is 24.2 Å². The van der Waals surface area contributed by atoms with Gasteiger partial charge in [0.05, 0.1) is 0 Å². The van der Waals surface area contributed by atoms with E-state index in [1.807, 2.05) is 30.3 Å². The Hall–Kier alpha value is -1.56. The Morgan fingerprint density at radius 1 is 1.04 bits per heavy atom. The molecule has 6 heteroatoms. The number of halogens is 2. The highest BCUT2D eigenvalue weighted by atomic mass is 35.5. The maximum Gasteiger partial charge on any atom is 0.241 e. The number of carbonyl (C=O) groups is 1. The van der Waals surface area contributed by atoms with E-state index in [0.717, 1.165) is 42.8 Å². The molecule has 0 spiro atoms. The van der Waals surface area contributed by atoms with Crippen molar-refractivity contribution >= 4 is 30.1 Å². The summed E-state index contributed by atoms with van der Waals surface area (Å²) in [7, 11) is 0. The largest absolute Gasteiger partial charge is 0.334 e. The van der Waals surface area contributed by atoms with Crippen molar-refractivity contribution in [2.75, 3.05) is 13.1 Å². The third-order valence-corrected chi connectivity index (χ3v) is 6.56. The number of hydrogen-bond acceptors (Lipinski definition) is 3. The number of carbonyl (C=O) groups excluding carboxylic acids is 1. The van der Waals surface area contributed by atoms with E-state index < -0.39 is 0 Å². The molecule has 4 rings (SSSR count). The molecule has 3 nitrogen and oxygen atoms in total. The van der Waals surface area contributed by atoms with Gasteiger partial charge in [0.15, 0.2) is 0 Å². The molecule has 3 atom stereocenters. The minimum atomic E-state index is -0.303. The number of hydrogen-bond donors (Lipinski definition) is 1. The maximum atomic E-state index is 13.6. The Bertz CT molecular complexity index is 745. The van der Waals surface area contributed by atoms with Crippen LogP contribution in [0.15, 0.2) is 59.5 Å². The quantitative estimate of drug-likeness (QED) is 0.762. The van der Waals surface area contributed by atoms with Crippen LogP contribution in [0.2, 0.25) is 0 Å². The molecule has 3 unspecified atom stereocenters. The highest BCUT2D eigenvalue weighted by Gasteiger charge is 2.41. The first-order chi connectivity index (χ1) is 12.7. The summed E-state index contributed by atoms with van der Waals surface area (Å²) in [5, 5.41) is 3.15. The van der Waals surface area contributed by atoms with Crippen LogP contribution < -0.4 is 5.32 Å². The highest BCUT2D eigenvalue weighted by molar-refractivity contribution is 8.00. The fourth-order valence-electron chi connectivity index (χ4n) is 4.02. The van der Waals surface area contributed by atoms with E-state index in [2.05, 4.69) is 10.2 Å². The third-order valence-electron chi connectivity index (χ3n) is 5.30. The number of amides is 1. The van der Waals surface area contributed by atoms with Gasteiger partial charge in [-0.05, 0) is 55.6 Å². The predicted molar refractivity (Wildman–Crippen MR) is 110 cm³/mol. The van der Waals surface area contributed by atoms with E-state index in [-0.39, 0.29) is 35.4 Å². The van der Waals surface area contributed by atoms with Crippen LogP contribution in [0, 0.1) is 5.82 Å². The first-order valence-corrected chi connectivity index (χ1v) is 10.1. The Balaban J connectivity index is 0.00000210. The number of nitrogens with one attached hydrogen (secondary N) is 1. The summed E-state index contributed by atoms with van der Waals surface area (Å²) in [6.07, 6.45) is 3.19. The molecule has 2 saturated heterocycles. The summed E-state index contributed by atoms with van der Waals surface area (Å²) in [6.45, 7) is 1.86. The number of fused-ring (bicyclic) bond motifs is 2. The second-order valence-electron chi connectivity index (χ2n) is 6.99. The van der Waals surface area contributed by atoms with E-state index in [4.69, 9.17) is 0 Å². The van der Waals surface area contributed by atoms with E-state index >= 15 is 0 Å². The minimum Gasteiger partial charge on any atom is -0.334 e. The van der Waals surface area contributed by atoms with Gasteiger partial charge < -0.3 is 10.2 Å². The second kappa shape index (κ2) is 9.09. The van der Waals surface area contributed by atoms with Crippen molar-refractivity contribution in [2.45, 2.75) is 41.5 Å². The lowest BCUT2D eigenvalue weighted by Gasteiger charge is -2.31. The van der Waals surface area contributed by atoms with E-state index in [9.17, 15) is 9.18 Å². The van der Waals surface area contributed by atoms with Crippen LogP contribution in [0.25, 0.3) is 0 Å². The summed E-state index contributed by atoms with van der Waals surface area (Å²) >= 11 is 1.51. The van der Waals surface area contributed by atoms with Gasteiger partial charge in [-0.1, -0.05) is 30.3 Å². The smallest absolute Gasteiger partial charge is 0.241 e. The van der Waals surface area contributed by atoms with Crippen LogP contribution in [0.5, 0.6) is 0 Å². The molecule has 0 saturated carbocycles. The van der Waals surface area contributed by atoms with Crippen molar-refractivity contribution < 1.29 is 9.18 Å². The molecule has 2 aromatic rings. The predicted octanol–water partition coefficient (Wildman–Crippen LogP) is 4.43. The van der Waals surface area contributed by atoms with Gasteiger partial charge in [0.1, 0.15) is 11.1 Å². The summed E-state index contributed by atoms with van der Waals surface area (Å²) in [5.74, 6) is -0.0738. The Morgan fingerprint density at radius 2 is 1.74 bits per heavy atom. The molecule has 0 aromatic heterocycles. The fraction of sp³-hybridized carbons (Fsp3) is 0.381. The van der Waals surface area contributed by atoms with E-state index in [1.165, 1.54) is 23.9 Å². The average Bonchev–Trinajstić information content (AvgIpc) is 2.94. The van der Waals surface area contributed by atoms with Crippen molar-refractivity contribution in [3.05, 3.63) is 66.0 Å². The lowest BCUT2D eigenvalue weighted by molar-refractivity contribution is -0.133. The van der Waals surface area contributed by atoms with Gasteiger partial charge in [-0.3, -0.25) is 4.79 Å². The van der Waals surface area contributed by atoms with Gasteiger partial charge in [-0.2, -0.15) is 0 Å². The van der Waals surface area contributed by atoms with E-state index in [0.29, 0.717) is 6.04 Å². The Kier molecular flexibility index (Phi) is 6.79. The summed E-state index contributed by atoms with van der Waals surface area (Å²) < 4.78 is 13.3. The normalized spacial score (nSPS) is 22.6. The van der Waals surface area contributed by atoms with Gasteiger partial charge in [0, 0.05) is 23.5 Å². The fourth-order valence-corrected chi connectivity index (χ4v) is 5.10. The van der Waals surface area contributed by atoms with Crippen molar-refractivity contribution in [3.63, 3.8) is 0 Å². The molecule has 0 aliphatic carbocycles. The van der Waals surface area contributed by atoms with Crippen LogP contribution in [0.4, 0.5) is 4.39 Å². The topological polar surface area (TPSA) is 32.3 Å². The number of rotatable bonds is 4. The molecule has 27 heavy (non-hydrogen) atoms. The van der Waals surface area contributed by atoms with Crippen LogP contribution in [-0.2, 0) is 4.79 Å². The maximum absolute atomic E-state index is 13.6. The van der Waals surface area contributed by atoms with Crippen LogP contribution in [-0.4, -0.2) is 36.0 Å². The van der Waals surface area contributed by atoms with Crippen molar-refractivity contribution in [2.24, 2.45) is 0 Å². The van der Waals surface area contributed by atoms with Crippen molar-refractivity contribution in [1.29, 1.82) is 0 Å². The molecule has 0 radical (unpaired) electrons. The van der Waals surface area contributed by atoms with E-state index in [1.54, 1.807) is 12.1 Å². The second-order valence-corrected chi connectivity index (χ2v) is 8.16.